The summed E-state index contributed by atoms with van der Waals surface area (Å²) in [4.78, 5) is 0. The van der Waals surface area contributed by atoms with Crippen molar-refractivity contribution >= 4 is 21.4 Å². The van der Waals surface area contributed by atoms with E-state index in [9.17, 15) is 8.42 Å². The molecule has 2 rings (SSSR count). The Balaban J connectivity index is 1.90. The Labute approximate surface area is 128 Å². The van der Waals surface area contributed by atoms with E-state index in [2.05, 4.69) is 17.0 Å². The van der Waals surface area contributed by atoms with E-state index >= 15 is 0 Å². The zero-order valence-corrected chi connectivity index (χ0v) is 13.7. The van der Waals surface area contributed by atoms with Crippen LogP contribution in [0.1, 0.15) is 45.4 Å². The predicted molar refractivity (Wildman–Crippen MR) is 89.2 cm³/mol. The average molecular weight is 310 g/mol. The highest BCUT2D eigenvalue weighted by Gasteiger charge is 2.20. The van der Waals surface area contributed by atoms with Gasteiger partial charge in [0.25, 0.3) is 0 Å². The summed E-state index contributed by atoms with van der Waals surface area (Å²) in [6.45, 7) is 2.25. The second kappa shape index (κ2) is 7.16. The van der Waals surface area contributed by atoms with Crippen LogP contribution in [0.4, 0.5) is 11.4 Å². The molecule has 118 valence electrons. The lowest BCUT2D eigenvalue weighted by Gasteiger charge is -2.29. The fourth-order valence-corrected chi connectivity index (χ4v) is 3.68. The highest BCUT2D eigenvalue weighted by atomic mass is 32.2. The Kier molecular flexibility index (Phi) is 5.51. The number of hydrogen-bond donors (Lipinski definition) is 2. The van der Waals surface area contributed by atoms with Crippen molar-refractivity contribution in [2.45, 2.75) is 51.5 Å². The molecule has 0 saturated heterocycles. The molecule has 21 heavy (non-hydrogen) atoms. The third-order valence-corrected chi connectivity index (χ3v) is 4.69. The van der Waals surface area contributed by atoms with E-state index in [1.165, 1.54) is 44.8 Å². The average Bonchev–Trinajstić information content (AvgIpc) is 2.40. The Morgan fingerprint density at radius 3 is 2.43 bits per heavy atom. The van der Waals surface area contributed by atoms with Gasteiger partial charge in [-0.3, -0.25) is 4.72 Å². The molecule has 0 atom stereocenters. The van der Waals surface area contributed by atoms with Gasteiger partial charge in [-0.05, 0) is 49.8 Å². The van der Waals surface area contributed by atoms with Crippen molar-refractivity contribution < 1.29 is 8.42 Å². The number of benzene rings is 1. The molecule has 1 aromatic rings. The smallest absolute Gasteiger partial charge is 0.229 e. The molecule has 1 aromatic carbocycles. The van der Waals surface area contributed by atoms with Gasteiger partial charge in [-0.2, -0.15) is 0 Å². The van der Waals surface area contributed by atoms with Crippen LogP contribution in [0.25, 0.3) is 0 Å². The number of rotatable bonds is 6. The van der Waals surface area contributed by atoms with E-state index in [-0.39, 0.29) is 0 Å². The lowest BCUT2D eigenvalue weighted by molar-refractivity contribution is 0.319. The van der Waals surface area contributed by atoms with Gasteiger partial charge in [0.15, 0.2) is 0 Å². The summed E-state index contributed by atoms with van der Waals surface area (Å²) in [7, 11) is -3.22. The van der Waals surface area contributed by atoms with Gasteiger partial charge in [0, 0.05) is 11.7 Å². The molecule has 1 fully saturated rings. The molecule has 4 nitrogen and oxygen atoms in total. The van der Waals surface area contributed by atoms with Crippen LogP contribution < -0.4 is 10.0 Å². The molecule has 0 bridgehead atoms. The molecule has 0 spiro atoms. The highest BCUT2D eigenvalue weighted by molar-refractivity contribution is 7.92. The molecular weight excluding hydrogens is 284 g/mol. The third-order valence-electron chi connectivity index (χ3n) is 4.08. The monoisotopic (exact) mass is 310 g/mol. The minimum atomic E-state index is -3.22. The first kappa shape index (κ1) is 16.1. The summed E-state index contributed by atoms with van der Waals surface area (Å²) in [6, 6.07) is 8.00. The zero-order valence-electron chi connectivity index (χ0n) is 12.9. The minimum absolute atomic E-state index is 0.506. The molecule has 1 saturated carbocycles. The van der Waals surface area contributed by atoms with Crippen LogP contribution in [0.15, 0.2) is 24.3 Å². The quantitative estimate of drug-likeness (QED) is 0.839. The van der Waals surface area contributed by atoms with Crippen molar-refractivity contribution in [1.29, 1.82) is 0 Å². The van der Waals surface area contributed by atoms with E-state index in [4.69, 9.17) is 0 Å². The van der Waals surface area contributed by atoms with Gasteiger partial charge in [0.05, 0.1) is 11.9 Å². The molecule has 1 aliphatic carbocycles. The van der Waals surface area contributed by atoms with Crippen molar-refractivity contribution in [1.82, 2.24) is 0 Å². The maximum atomic E-state index is 11.3. The molecular formula is C16H26N2O2S. The van der Waals surface area contributed by atoms with Gasteiger partial charge in [-0.15, -0.1) is 0 Å². The van der Waals surface area contributed by atoms with E-state index in [0.717, 1.165) is 11.6 Å². The highest BCUT2D eigenvalue weighted by Crippen LogP contribution is 2.29. The van der Waals surface area contributed by atoms with Crippen molar-refractivity contribution in [2.75, 3.05) is 16.3 Å². The fourth-order valence-electron chi connectivity index (χ4n) is 3.13. The molecule has 0 unspecified atom stereocenters. The van der Waals surface area contributed by atoms with E-state index in [0.29, 0.717) is 11.7 Å². The summed E-state index contributed by atoms with van der Waals surface area (Å²) in [6.07, 6.45) is 8.80. The third kappa shape index (κ3) is 5.58. The largest absolute Gasteiger partial charge is 0.382 e. The Morgan fingerprint density at radius 2 is 1.81 bits per heavy atom. The molecule has 2 N–H and O–H groups in total. The second-order valence-corrected chi connectivity index (χ2v) is 7.85. The first-order valence-corrected chi connectivity index (χ1v) is 9.70. The summed E-state index contributed by atoms with van der Waals surface area (Å²) < 4.78 is 25.1. The van der Waals surface area contributed by atoms with Crippen molar-refractivity contribution in [3.05, 3.63) is 24.3 Å². The van der Waals surface area contributed by atoms with E-state index < -0.39 is 10.0 Å². The number of hydrogen-bond acceptors (Lipinski definition) is 3. The van der Waals surface area contributed by atoms with Gasteiger partial charge >= 0.3 is 0 Å². The normalized spacial score (nSPS) is 22.8. The van der Waals surface area contributed by atoms with E-state index in [1.54, 1.807) is 6.07 Å². The Morgan fingerprint density at radius 1 is 1.14 bits per heavy atom. The lowest BCUT2D eigenvalue weighted by Crippen LogP contribution is -2.26. The van der Waals surface area contributed by atoms with Crippen LogP contribution in [-0.4, -0.2) is 20.7 Å². The predicted octanol–water partition coefficient (Wildman–Crippen LogP) is 3.83. The van der Waals surface area contributed by atoms with Gasteiger partial charge < -0.3 is 5.32 Å². The topological polar surface area (TPSA) is 58.2 Å². The first-order chi connectivity index (χ1) is 9.96. The van der Waals surface area contributed by atoms with Crippen LogP contribution >= 0.6 is 0 Å². The van der Waals surface area contributed by atoms with Crippen molar-refractivity contribution in [3.8, 4) is 0 Å². The van der Waals surface area contributed by atoms with E-state index in [1.807, 2.05) is 18.2 Å². The summed E-state index contributed by atoms with van der Waals surface area (Å²) >= 11 is 0. The maximum absolute atomic E-state index is 11.3. The molecule has 1 aliphatic rings. The first-order valence-electron chi connectivity index (χ1n) is 7.80. The van der Waals surface area contributed by atoms with Crippen LogP contribution in [-0.2, 0) is 10.0 Å². The van der Waals surface area contributed by atoms with Gasteiger partial charge in [-0.1, -0.05) is 25.8 Å². The maximum Gasteiger partial charge on any atom is 0.229 e. The van der Waals surface area contributed by atoms with Crippen molar-refractivity contribution in [3.63, 3.8) is 0 Å². The summed E-state index contributed by atoms with van der Waals surface area (Å²) in [5.74, 6) is 0.895. The number of anilines is 2. The molecule has 0 aliphatic heterocycles. The van der Waals surface area contributed by atoms with Gasteiger partial charge in [0.2, 0.25) is 10.0 Å². The number of nitrogens with one attached hydrogen (secondary N) is 2. The molecule has 0 amide bonds. The van der Waals surface area contributed by atoms with Gasteiger partial charge in [-0.25, -0.2) is 8.42 Å². The van der Waals surface area contributed by atoms with Crippen molar-refractivity contribution in [2.24, 2.45) is 5.92 Å². The Hall–Kier alpha value is -1.23. The summed E-state index contributed by atoms with van der Waals surface area (Å²) in [5.41, 5.74) is 1.60. The van der Waals surface area contributed by atoms with Gasteiger partial charge in [0.1, 0.15) is 0 Å². The molecule has 0 heterocycles. The Bertz CT molecular complexity index is 549. The molecule has 0 radical (unpaired) electrons. The molecule has 0 aromatic heterocycles. The summed E-state index contributed by atoms with van der Waals surface area (Å²) in [5, 5.41) is 3.53. The lowest BCUT2D eigenvalue weighted by atomic mass is 9.83. The van der Waals surface area contributed by atoms with Crippen LogP contribution in [0.3, 0.4) is 0 Å². The second-order valence-electron chi connectivity index (χ2n) is 6.11. The molecule has 5 heteroatoms. The van der Waals surface area contributed by atoms with Crippen LogP contribution in [0, 0.1) is 5.92 Å². The number of sulfonamides is 1. The SMILES string of the molecule is CCCC1CCC(Nc2cccc(NS(C)(=O)=O)c2)CC1. The minimum Gasteiger partial charge on any atom is -0.382 e. The zero-order chi connectivity index (χ0) is 15.3. The van der Waals surface area contributed by atoms with Crippen LogP contribution in [0.2, 0.25) is 0 Å². The van der Waals surface area contributed by atoms with Crippen LogP contribution in [0.5, 0.6) is 0 Å². The fraction of sp³-hybridized carbons (Fsp3) is 0.625. The standard InChI is InChI=1S/C16H26N2O2S/c1-3-5-13-8-10-14(11-9-13)17-15-6-4-7-16(12-15)18-21(2,19)20/h4,6-7,12-14,17-18H,3,5,8-11H2,1-2H3.